The van der Waals surface area contributed by atoms with Crippen LogP contribution in [0.15, 0.2) is 48.8 Å². The lowest BCUT2D eigenvalue weighted by Crippen LogP contribution is -2.60. The number of ether oxygens (including phenoxy) is 1. The van der Waals surface area contributed by atoms with Crippen LogP contribution in [0.3, 0.4) is 0 Å². The Kier molecular flexibility index (Phi) is 7.11. The van der Waals surface area contributed by atoms with E-state index in [1.54, 1.807) is 25.1 Å². The Morgan fingerprint density at radius 2 is 1.86 bits per heavy atom. The maximum Gasteiger partial charge on any atom is 0.280 e. The summed E-state index contributed by atoms with van der Waals surface area (Å²) in [7, 11) is 0. The molecule has 0 radical (unpaired) electrons. The number of carbonyl (C=O) groups is 1. The number of nitrogens with one attached hydrogen (secondary N) is 1. The molecule has 11 heteroatoms. The Balaban J connectivity index is 1.05. The molecule has 0 unspecified atom stereocenters. The van der Waals surface area contributed by atoms with E-state index in [4.69, 9.17) is 4.74 Å². The highest BCUT2D eigenvalue weighted by molar-refractivity contribution is 5.73. The Morgan fingerprint density at radius 1 is 1.05 bits per heavy atom. The zero-order chi connectivity index (χ0) is 25.8. The van der Waals surface area contributed by atoms with Gasteiger partial charge in [-0.05, 0) is 37.1 Å². The number of amides is 1. The van der Waals surface area contributed by atoms with Crippen LogP contribution < -0.4 is 15.0 Å². The molecule has 0 saturated carbocycles. The second-order valence-electron chi connectivity index (χ2n) is 9.66. The van der Waals surface area contributed by atoms with Crippen LogP contribution in [0.2, 0.25) is 0 Å². The van der Waals surface area contributed by atoms with Crippen molar-refractivity contribution in [1.29, 1.82) is 0 Å². The number of pyridine rings is 2. The first kappa shape index (κ1) is 24.8. The fourth-order valence-corrected chi connectivity index (χ4v) is 4.75. The molecule has 2 aliphatic rings. The van der Waals surface area contributed by atoms with Gasteiger partial charge in [-0.25, -0.2) is 8.78 Å². The number of hydrogen-bond acceptors (Lipinski definition) is 8. The Labute approximate surface area is 213 Å². The molecule has 0 bridgehead atoms. The number of alkyl halides is 2. The molecular weight excluding hydrogens is 480 g/mol. The number of likely N-dealkylation sites (tertiary alicyclic amines) is 1. The summed E-state index contributed by atoms with van der Waals surface area (Å²) in [5, 5.41) is 11.4. The van der Waals surface area contributed by atoms with Crippen molar-refractivity contribution in [2.24, 2.45) is 5.41 Å². The quantitative estimate of drug-likeness (QED) is 0.489. The van der Waals surface area contributed by atoms with Crippen molar-refractivity contribution >= 4 is 17.4 Å². The van der Waals surface area contributed by atoms with E-state index in [1.165, 1.54) is 12.3 Å². The third-order valence-corrected chi connectivity index (χ3v) is 7.04. The number of piperidine rings is 1. The molecule has 1 spiro atoms. The summed E-state index contributed by atoms with van der Waals surface area (Å²) in [6.07, 6.45) is 2.80. The summed E-state index contributed by atoms with van der Waals surface area (Å²) in [4.78, 5) is 24.1. The van der Waals surface area contributed by atoms with Crippen LogP contribution in [0.25, 0.3) is 0 Å². The highest BCUT2D eigenvalue weighted by Crippen LogP contribution is 2.42. The molecule has 2 saturated heterocycles. The van der Waals surface area contributed by atoms with Gasteiger partial charge in [-0.3, -0.25) is 14.8 Å². The molecule has 5 rings (SSSR count). The highest BCUT2D eigenvalue weighted by atomic mass is 19.3. The summed E-state index contributed by atoms with van der Waals surface area (Å²) in [5.74, 6) is 1.08. The van der Waals surface area contributed by atoms with Crippen LogP contribution >= 0.6 is 0 Å². The fourth-order valence-electron chi connectivity index (χ4n) is 4.75. The van der Waals surface area contributed by atoms with Crippen molar-refractivity contribution in [3.05, 3.63) is 65.7 Å². The second-order valence-corrected chi connectivity index (χ2v) is 9.66. The number of hydrogen-bond donors (Lipinski definition) is 1. The van der Waals surface area contributed by atoms with E-state index >= 15 is 0 Å². The summed E-state index contributed by atoms with van der Waals surface area (Å²) in [5.41, 5.74) is 2.73. The first-order valence-corrected chi connectivity index (χ1v) is 12.3. The third kappa shape index (κ3) is 5.92. The molecule has 3 aromatic heterocycles. The maximum atomic E-state index is 12.6. The van der Waals surface area contributed by atoms with E-state index in [-0.39, 0.29) is 18.2 Å². The zero-order valence-corrected chi connectivity index (χ0v) is 20.6. The van der Waals surface area contributed by atoms with Gasteiger partial charge in [0, 0.05) is 56.3 Å². The van der Waals surface area contributed by atoms with Crippen molar-refractivity contribution in [3.63, 3.8) is 0 Å². The lowest BCUT2D eigenvalue weighted by Gasteiger charge is -2.54. The summed E-state index contributed by atoms with van der Waals surface area (Å²) < 4.78 is 30.7. The van der Waals surface area contributed by atoms with Gasteiger partial charge in [0.05, 0.1) is 24.1 Å². The van der Waals surface area contributed by atoms with Crippen molar-refractivity contribution in [2.45, 2.75) is 39.3 Å². The van der Waals surface area contributed by atoms with Crippen LogP contribution in [0.4, 0.5) is 20.3 Å². The summed E-state index contributed by atoms with van der Waals surface area (Å²) >= 11 is 0. The van der Waals surface area contributed by atoms with Crippen LogP contribution in [0.1, 0.15) is 43.1 Å². The van der Waals surface area contributed by atoms with Crippen molar-refractivity contribution < 1.29 is 18.3 Å². The molecule has 5 heterocycles. The number of nitrogens with zero attached hydrogens (tertiary/aromatic N) is 6. The smallest absolute Gasteiger partial charge is 0.280 e. The highest BCUT2D eigenvalue weighted by Gasteiger charge is 2.45. The van der Waals surface area contributed by atoms with Crippen molar-refractivity contribution in [3.8, 4) is 5.88 Å². The molecule has 0 aliphatic carbocycles. The molecule has 0 aromatic carbocycles. The normalized spacial score (nSPS) is 16.5. The molecule has 1 amide bonds. The molecule has 194 valence electrons. The Bertz CT molecular complexity index is 1190. The molecule has 3 aromatic rings. The van der Waals surface area contributed by atoms with Crippen LogP contribution in [-0.2, 0) is 17.9 Å². The predicted molar refractivity (Wildman–Crippen MR) is 133 cm³/mol. The van der Waals surface area contributed by atoms with Gasteiger partial charge in [0.15, 0.2) is 0 Å². The first-order chi connectivity index (χ1) is 17.9. The van der Waals surface area contributed by atoms with Gasteiger partial charge in [0.25, 0.3) is 6.43 Å². The minimum absolute atomic E-state index is 0.156. The topological polar surface area (TPSA) is 96.4 Å². The lowest BCUT2D eigenvalue weighted by atomic mass is 9.72. The maximum absolute atomic E-state index is 12.6. The van der Waals surface area contributed by atoms with Crippen LogP contribution in [-0.4, -0.2) is 57.2 Å². The van der Waals surface area contributed by atoms with E-state index in [2.05, 4.69) is 36.4 Å². The number of carbonyl (C=O) groups excluding carboxylic acids is 1. The number of anilines is 2. The van der Waals surface area contributed by atoms with Gasteiger partial charge in [-0.1, -0.05) is 6.07 Å². The van der Waals surface area contributed by atoms with Crippen LogP contribution in [0, 0.1) is 5.41 Å². The van der Waals surface area contributed by atoms with Gasteiger partial charge in [0.2, 0.25) is 11.8 Å². The monoisotopic (exact) mass is 509 g/mol. The lowest BCUT2D eigenvalue weighted by molar-refractivity contribution is -0.131. The summed E-state index contributed by atoms with van der Waals surface area (Å²) in [6, 6.07) is 10.4. The molecular formula is C26H29F2N7O2. The number of aromatic nitrogens is 4. The summed E-state index contributed by atoms with van der Waals surface area (Å²) in [6.45, 7) is 6.05. The molecule has 9 nitrogen and oxygen atoms in total. The van der Waals surface area contributed by atoms with E-state index < -0.39 is 6.43 Å². The standard InChI is InChI=1S/C26H29F2N7O2/c1-18(36)34-10-8-26(9-11-34)16-35(17-26)21-4-3-20(29-14-21)13-31-23-6-7-24(33-32-23)37-15-19-2-5-22(25(27)28)30-12-19/h2-7,12,14,25H,8-11,13,15-17H2,1H3,(H,31,32). The van der Waals surface area contributed by atoms with E-state index in [1.807, 2.05) is 17.2 Å². The third-order valence-electron chi connectivity index (χ3n) is 7.04. The second kappa shape index (κ2) is 10.6. The van der Waals surface area contributed by atoms with Gasteiger partial charge < -0.3 is 19.9 Å². The van der Waals surface area contributed by atoms with Gasteiger partial charge in [0.1, 0.15) is 18.1 Å². The predicted octanol–water partition coefficient (Wildman–Crippen LogP) is 3.84. The Morgan fingerprint density at radius 3 is 2.46 bits per heavy atom. The molecule has 37 heavy (non-hydrogen) atoms. The first-order valence-electron chi connectivity index (χ1n) is 12.3. The van der Waals surface area contributed by atoms with E-state index in [0.29, 0.717) is 29.2 Å². The fraction of sp³-hybridized carbons (Fsp3) is 0.423. The van der Waals surface area contributed by atoms with E-state index in [0.717, 1.165) is 50.4 Å². The number of halogens is 2. The van der Waals surface area contributed by atoms with Crippen molar-refractivity contribution in [2.75, 3.05) is 36.4 Å². The minimum Gasteiger partial charge on any atom is -0.472 e. The van der Waals surface area contributed by atoms with Crippen LogP contribution in [0.5, 0.6) is 5.88 Å². The molecule has 0 atom stereocenters. The minimum atomic E-state index is -2.59. The van der Waals surface area contributed by atoms with Gasteiger partial charge >= 0.3 is 0 Å². The van der Waals surface area contributed by atoms with Gasteiger partial charge in [-0.15, -0.1) is 10.2 Å². The average Bonchev–Trinajstić information content (AvgIpc) is 2.90. The van der Waals surface area contributed by atoms with Gasteiger partial charge in [-0.2, -0.15) is 0 Å². The van der Waals surface area contributed by atoms with Crippen molar-refractivity contribution in [1.82, 2.24) is 25.1 Å². The SMILES string of the molecule is CC(=O)N1CCC2(CC1)CN(c1ccc(CNc3ccc(OCc4ccc(C(F)F)nc4)nn3)nc1)C2. The zero-order valence-electron chi connectivity index (χ0n) is 20.6. The Hall–Kier alpha value is -3.89. The molecule has 2 fully saturated rings. The number of rotatable bonds is 8. The molecule has 2 aliphatic heterocycles. The largest absolute Gasteiger partial charge is 0.472 e. The van der Waals surface area contributed by atoms with E-state index in [9.17, 15) is 13.6 Å². The average molecular weight is 510 g/mol. The molecule has 1 N–H and O–H groups in total.